The van der Waals surface area contributed by atoms with Gasteiger partial charge in [-0.2, -0.15) is 0 Å². The molecule has 0 spiro atoms. The topological polar surface area (TPSA) is 62.3 Å². The third kappa shape index (κ3) is 3.48. The van der Waals surface area contributed by atoms with Crippen LogP contribution in [0.2, 0.25) is 0 Å². The van der Waals surface area contributed by atoms with Crippen molar-refractivity contribution in [2.45, 2.75) is 57.4 Å². The summed E-state index contributed by atoms with van der Waals surface area (Å²) in [6, 6.07) is -0.0595. The lowest BCUT2D eigenvalue weighted by Crippen LogP contribution is -2.46. The number of hydrogen-bond acceptors (Lipinski definition) is 4. The molecule has 0 bridgehead atoms. The van der Waals surface area contributed by atoms with Crippen LogP contribution < -0.4 is 5.32 Å². The Labute approximate surface area is 146 Å². The van der Waals surface area contributed by atoms with Crippen LogP contribution in [0.4, 0.5) is 0 Å². The van der Waals surface area contributed by atoms with Gasteiger partial charge in [-0.3, -0.25) is 9.59 Å². The molecule has 1 aliphatic heterocycles. The molecule has 2 saturated carbocycles. The van der Waals surface area contributed by atoms with Crippen molar-refractivity contribution in [3.05, 3.63) is 16.1 Å². The fourth-order valence-corrected chi connectivity index (χ4v) is 4.49. The number of piperidine rings is 1. The molecule has 0 unspecified atom stereocenters. The highest BCUT2D eigenvalue weighted by Crippen LogP contribution is 2.41. The molecule has 4 rings (SSSR count). The van der Waals surface area contributed by atoms with Crippen LogP contribution in [0.3, 0.4) is 0 Å². The number of amides is 2. The van der Waals surface area contributed by atoms with Crippen LogP contribution in [-0.4, -0.2) is 34.8 Å². The average molecular weight is 347 g/mol. The number of thiazole rings is 1. The maximum Gasteiger partial charge on any atom is 0.225 e. The molecule has 3 fully saturated rings. The van der Waals surface area contributed by atoms with Gasteiger partial charge in [-0.25, -0.2) is 4.98 Å². The molecule has 130 valence electrons. The highest BCUT2D eigenvalue weighted by atomic mass is 32.1. The van der Waals surface area contributed by atoms with Gasteiger partial charge >= 0.3 is 0 Å². The molecular formula is C18H25N3O2S. The van der Waals surface area contributed by atoms with Gasteiger partial charge in [-0.15, -0.1) is 11.3 Å². The van der Waals surface area contributed by atoms with Crippen molar-refractivity contribution in [3.8, 4) is 0 Å². The van der Waals surface area contributed by atoms with Crippen molar-refractivity contribution < 1.29 is 9.59 Å². The van der Waals surface area contributed by atoms with E-state index >= 15 is 0 Å². The molecule has 1 N–H and O–H groups in total. The molecule has 1 aromatic rings. The molecular weight excluding hydrogens is 322 g/mol. The first-order valence-electron chi connectivity index (χ1n) is 9.16. The van der Waals surface area contributed by atoms with Crippen molar-refractivity contribution in [3.63, 3.8) is 0 Å². The lowest BCUT2D eigenvalue weighted by molar-refractivity contribution is -0.137. The summed E-state index contributed by atoms with van der Waals surface area (Å²) >= 11 is 1.71. The lowest BCUT2D eigenvalue weighted by atomic mass is 9.96. The lowest BCUT2D eigenvalue weighted by Gasteiger charge is -2.32. The fraction of sp³-hybridized carbons (Fsp3) is 0.722. The van der Waals surface area contributed by atoms with Gasteiger partial charge in [0.1, 0.15) is 0 Å². The van der Waals surface area contributed by atoms with E-state index in [0.717, 1.165) is 37.9 Å². The molecule has 2 aliphatic carbocycles. The maximum atomic E-state index is 12.6. The van der Waals surface area contributed by atoms with Gasteiger partial charge in [-0.1, -0.05) is 0 Å². The summed E-state index contributed by atoms with van der Waals surface area (Å²) in [6.07, 6.45) is 6.35. The van der Waals surface area contributed by atoms with E-state index in [1.807, 2.05) is 11.8 Å². The van der Waals surface area contributed by atoms with Gasteiger partial charge in [0.25, 0.3) is 0 Å². The second-order valence-corrected chi connectivity index (χ2v) is 8.40. The molecule has 3 aliphatic rings. The summed E-state index contributed by atoms with van der Waals surface area (Å²) in [5.74, 6) is 1.14. The molecule has 0 radical (unpaired) electrons. The van der Waals surface area contributed by atoms with Crippen molar-refractivity contribution >= 4 is 23.2 Å². The Bertz CT molecular complexity index is 636. The zero-order chi connectivity index (χ0) is 16.7. The Morgan fingerprint density at radius 3 is 2.75 bits per heavy atom. The maximum absolute atomic E-state index is 12.6. The number of carbonyl (C=O) groups is 2. The van der Waals surface area contributed by atoms with E-state index < -0.39 is 0 Å². The van der Waals surface area contributed by atoms with E-state index in [9.17, 15) is 9.59 Å². The smallest absolute Gasteiger partial charge is 0.225 e. The van der Waals surface area contributed by atoms with Crippen molar-refractivity contribution in [1.29, 1.82) is 0 Å². The first-order valence-corrected chi connectivity index (χ1v) is 10.0. The van der Waals surface area contributed by atoms with Crippen molar-refractivity contribution in [1.82, 2.24) is 15.2 Å². The van der Waals surface area contributed by atoms with Crippen LogP contribution in [0.5, 0.6) is 0 Å². The van der Waals surface area contributed by atoms with Crippen LogP contribution in [0, 0.1) is 11.8 Å². The van der Waals surface area contributed by atoms with E-state index in [2.05, 4.69) is 15.7 Å². The van der Waals surface area contributed by atoms with E-state index in [4.69, 9.17) is 0 Å². The molecule has 2 amide bonds. The molecule has 1 aromatic heterocycles. The number of likely N-dealkylation sites (tertiary alicyclic amines) is 1. The molecule has 6 heteroatoms. The highest BCUT2D eigenvalue weighted by Gasteiger charge is 2.37. The highest BCUT2D eigenvalue weighted by molar-refractivity contribution is 7.09. The molecule has 2 atom stereocenters. The van der Waals surface area contributed by atoms with Crippen molar-refractivity contribution in [2.24, 2.45) is 11.8 Å². The SMILES string of the molecule is C[C@@H](NC(=O)[C@H]1CCCN(C(=O)C2CC2)C1)c1csc(C2CC2)n1. The largest absolute Gasteiger partial charge is 0.348 e. The Balaban J connectivity index is 1.33. The number of nitrogens with one attached hydrogen (secondary N) is 1. The first-order chi connectivity index (χ1) is 11.6. The van der Waals surface area contributed by atoms with E-state index in [1.54, 1.807) is 11.3 Å². The normalized spacial score (nSPS) is 25.4. The molecule has 2 heterocycles. The van der Waals surface area contributed by atoms with Crippen LogP contribution >= 0.6 is 11.3 Å². The number of nitrogens with zero attached hydrogens (tertiary/aromatic N) is 2. The van der Waals surface area contributed by atoms with Gasteiger partial charge in [0.15, 0.2) is 0 Å². The Morgan fingerprint density at radius 2 is 2.04 bits per heavy atom. The minimum atomic E-state index is -0.0783. The molecule has 24 heavy (non-hydrogen) atoms. The zero-order valence-electron chi connectivity index (χ0n) is 14.2. The Hall–Kier alpha value is -1.43. The minimum absolute atomic E-state index is 0.0595. The fourth-order valence-electron chi connectivity index (χ4n) is 3.40. The predicted octanol–water partition coefficient (Wildman–Crippen LogP) is 2.85. The third-order valence-electron chi connectivity index (χ3n) is 5.30. The minimum Gasteiger partial charge on any atom is -0.348 e. The summed E-state index contributed by atoms with van der Waals surface area (Å²) in [4.78, 5) is 31.4. The van der Waals surface area contributed by atoms with E-state index in [1.165, 1.54) is 17.8 Å². The van der Waals surface area contributed by atoms with Gasteiger partial charge in [0.2, 0.25) is 11.8 Å². The molecule has 0 aromatic carbocycles. The number of aromatic nitrogens is 1. The summed E-state index contributed by atoms with van der Waals surface area (Å²) in [5.41, 5.74) is 0.969. The second kappa shape index (κ2) is 6.47. The summed E-state index contributed by atoms with van der Waals surface area (Å²) < 4.78 is 0. The van der Waals surface area contributed by atoms with Gasteiger partial charge in [0, 0.05) is 30.3 Å². The monoisotopic (exact) mass is 347 g/mol. The van der Waals surface area contributed by atoms with Crippen LogP contribution in [-0.2, 0) is 9.59 Å². The van der Waals surface area contributed by atoms with Crippen LogP contribution in [0.1, 0.15) is 68.1 Å². The number of carbonyl (C=O) groups excluding carboxylic acids is 2. The summed E-state index contributed by atoms with van der Waals surface area (Å²) in [5, 5.41) is 6.39. The van der Waals surface area contributed by atoms with Gasteiger partial charge in [0.05, 0.1) is 22.7 Å². The predicted molar refractivity (Wildman–Crippen MR) is 92.7 cm³/mol. The second-order valence-electron chi connectivity index (χ2n) is 7.51. The van der Waals surface area contributed by atoms with Gasteiger partial charge in [-0.05, 0) is 45.4 Å². The zero-order valence-corrected chi connectivity index (χ0v) is 15.0. The Kier molecular flexibility index (Phi) is 4.33. The summed E-state index contributed by atoms with van der Waals surface area (Å²) in [6.45, 7) is 3.39. The van der Waals surface area contributed by atoms with E-state index in [0.29, 0.717) is 12.5 Å². The number of rotatable bonds is 5. The average Bonchev–Trinajstić information content (AvgIpc) is 3.53. The standard InChI is InChI=1S/C18H25N3O2S/c1-11(15-10-24-17(20-15)12-4-5-12)19-16(22)14-3-2-8-21(9-14)18(23)13-6-7-13/h10-14H,2-9H2,1H3,(H,19,22)/t11-,14+/m1/s1. The number of hydrogen-bond donors (Lipinski definition) is 1. The van der Waals surface area contributed by atoms with E-state index in [-0.39, 0.29) is 29.7 Å². The summed E-state index contributed by atoms with van der Waals surface area (Å²) in [7, 11) is 0. The molecule has 5 nitrogen and oxygen atoms in total. The van der Waals surface area contributed by atoms with Crippen LogP contribution in [0.15, 0.2) is 5.38 Å². The quantitative estimate of drug-likeness (QED) is 0.891. The first kappa shape index (κ1) is 16.1. The third-order valence-corrected chi connectivity index (χ3v) is 6.32. The van der Waals surface area contributed by atoms with Crippen molar-refractivity contribution in [2.75, 3.05) is 13.1 Å². The Morgan fingerprint density at radius 1 is 1.25 bits per heavy atom. The van der Waals surface area contributed by atoms with Crippen LogP contribution in [0.25, 0.3) is 0 Å². The van der Waals surface area contributed by atoms with Gasteiger partial charge < -0.3 is 10.2 Å². The molecule has 1 saturated heterocycles.